The maximum absolute atomic E-state index is 4.30. The van der Waals surface area contributed by atoms with E-state index in [-0.39, 0.29) is 0 Å². The van der Waals surface area contributed by atoms with Crippen LogP contribution in [0.4, 0.5) is 0 Å². The van der Waals surface area contributed by atoms with Gasteiger partial charge in [0.25, 0.3) is 0 Å². The third kappa shape index (κ3) is 1.09. The van der Waals surface area contributed by atoms with E-state index in [1.807, 2.05) is 6.92 Å². The molecule has 2 heterocycles. The lowest BCUT2D eigenvalue weighted by Crippen LogP contribution is -1.90. The Kier molecular flexibility index (Phi) is 1.54. The zero-order chi connectivity index (χ0) is 7.68. The smallest absolute Gasteiger partial charge is 0.146 e. The SMILES string of the molecule is CCc1ncc2ncsc2n1. The Hall–Kier alpha value is -1.03. The van der Waals surface area contributed by atoms with Crippen molar-refractivity contribution in [3.63, 3.8) is 0 Å². The molecule has 2 aromatic rings. The summed E-state index contributed by atoms with van der Waals surface area (Å²) in [6.45, 7) is 2.04. The zero-order valence-electron chi connectivity index (χ0n) is 6.11. The van der Waals surface area contributed by atoms with Gasteiger partial charge < -0.3 is 0 Å². The predicted octanol–water partition coefficient (Wildman–Crippen LogP) is 1.65. The lowest BCUT2D eigenvalue weighted by atomic mass is 10.4. The third-order valence-corrected chi connectivity index (χ3v) is 2.19. The normalized spacial score (nSPS) is 10.6. The molecule has 56 valence electrons. The number of aryl methyl sites for hydroxylation is 1. The van der Waals surface area contributed by atoms with Crippen LogP contribution in [0.15, 0.2) is 11.7 Å². The minimum Gasteiger partial charge on any atom is -0.241 e. The van der Waals surface area contributed by atoms with Crippen molar-refractivity contribution < 1.29 is 0 Å². The Balaban J connectivity index is 2.67. The molecular formula is C7H7N3S. The van der Waals surface area contributed by atoms with Gasteiger partial charge in [0.15, 0.2) is 0 Å². The van der Waals surface area contributed by atoms with Crippen molar-refractivity contribution in [2.75, 3.05) is 0 Å². The molecule has 11 heavy (non-hydrogen) atoms. The minimum absolute atomic E-state index is 0.883. The Morgan fingerprint density at radius 2 is 2.36 bits per heavy atom. The van der Waals surface area contributed by atoms with Gasteiger partial charge in [0.1, 0.15) is 16.2 Å². The Labute approximate surface area is 68.1 Å². The molecule has 0 N–H and O–H groups in total. The maximum atomic E-state index is 4.30. The highest BCUT2D eigenvalue weighted by atomic mass is 32.1. The second-order valence-electron chi connectivity index (χ2n) is 2.18. The van der Waals surface area contributed by atoms with E-state index in [2.05, 4.69) is 15.0 Å². The van der Waals surface area contributed by atoms with Gasteiger partial charge in [0, 0.05) is 6.42 Å². The molecule has 0 fully saturated rings. The lowest BCUT2D eigenvalue weighted by molar-refractivity contribution is 0.962. The Morgan fingerprint density at radius 1 is 1.45 bits per heavy atom. The molecule has 0 radical (unpaired) electrons. The van der Waals surface area contributed by atoms with E-state index in [9.17, 15) is 0 Å². The molecule has 2 rings (SSSR count). The monoisotopic (exact) mass is 165 g/mol. The number of nitrogens with zero attached hydrogens (tertiary/aromatic N) is 3. The first-order valence-electron chi connectivity index (χ1n) is 3.45. The predicted molar refractivity (Wildman–Crippen MR) is 44.6 cm³/mol. The van der Waals surface area contributed by atoms with Gasteiger partial charge in [-0.15, -0.1) is 11.3 Å². The fourth-order valence-electron chi connectivity index (χ4n) is 0.873. The molecule has 0 aliphatic heterocycles. The molecule has 0 saturated heterocycles. The lowest BCUT2D eigenvalue weighted by Gasteiger charge is -1.91. The highest BCUT2D eigenvalue weighted by Crippen LogP contribution is 2.13. The molecule has 3 nitrogen and oxygen atoms in total. The topological polar surface area (TPSA) is 38.7 Å². The second kappa shape index (κ2) is 2.54. The first kappa shape index (κ1) is 6.67. The number of fused-ring (bicyclic) bond motifs is 1. The van der Waals surface area contributed by atoms with E-state index in [1.165, 1.54) is 0 Å². The third-order valence-electron chi connectivity index (χ3n) is 1.46. The summed E-state index contributed by atoms with van der Waals surface area (Å²) >= 11 is 1.55. The molecule has 0 aliphatic rings. The van der Waals surface area contributed by atoms with Gasteiger partial charge in [-0.3, -0.25) is 0 Å². The summed E-state index contributed by atoms with van der Waals surface area (Å²) in [4.78, 5) is 13.5. The van der Waals surface area contributed by atoms with E-state index in [0.29, 0.717) is 0 Å². The van der Waals surface area contributed by atoms with Gasteiger partial charge in [0.05, 0.1) is 11.7 Å². The van der Waals surface area contributed by atoms with E-state index in [4.69, 9.17) is 0 Å². The van der Waals surface area contributed by atoms with Crippen molar-refractivity contribution in [2.45, 2.75) is 13.3 Å². The molecule has 2 aromatic heterocycles. The van der Waals surface area contributed by atoms with Gasteiger partial charge in [0.2, 0.25) is 0 Å². The fourth-order valence-corrected chi connectivity index (χ4v) is 1.52. The summed E-state index contributed by atoms with van der Waals surface area (Å²) < 4.78 is 0. The summed E-state index contributed by atoms with van der Waals surface area (Å²) in [5.74, 6) is 0.891. The van der Waals surface area contributed by atoms with Gasteiger partial charge in [-0.2, -0.15) is 0 Å². The maximum Gasteiger partial charge on any atom is 0.146 e. The molecule has 0 aromatic carbocycles. The first-order chi connectivity index (χ1) is 5.40. The largest absolute Gasteiger partial charge is 0.241 e. The summed E-state index contributed by atoms with van der Waals surface area (Å²) in [6.07, 6.45) is 2.66. The summed E-state index contributed by atoms with van der Waals surface area (Å²) in [7, 11) is 0. The number of rotatable bonds is 1. The summed E-state index contributed by atoms with van der Waals surface area (Å²) in [6, 6.07) is 0. The zero-order valence-corrected chi connectivity index (χ0v) is 6.93. The van der Waals surface area contributed by atoms with Crippen molar-refractivity contribution in [2.24, 2.45) is 0 Å². The van der Waals surface area contributed by atoms with Crippen molar-refractivity contribution >= 4 is 21.7 Å². The van der Waals surface area contributed by atoms with Crippen LogP contribution in [0.5, 0.6) is 0 Å². The van der Waals surface area contributed by atoms with Crippen molar-refractivity contribution in [3.8, 4) is 0 Å². The molecular weight excluding hydrogens is 158 g/mol. The van der Waals surface area contributed by atoms with Gasteiger partial charge in [-0.1, -0.05) is 6.92 Å². The quantitative estimate of drug-likeness (QED) is 0.645. The average molecular weight is 165 g/mol. The fraction of sp³-hybridized carbons (Fsp3) is 0.286. The minimum atomic E-state index is 0.883. The van der Waals surface area contributed by atoms with Gasteiger partial charge >= 0.3 is 0 Å². The van der Waals surface area contributed by atoms with Crippen LogP contribution < -0.4 is 0 Å². The van der Waals surface area contributed by atoms with Crippen LogP contribution in [0.2, 0.25) is 0 Å². The van der Waals surface area contributed by atoms with Crippen LogP contribution in [0.3, 0.4) is 0 Å². The van der Waals surface area contributed by atoms with Crippen LogP contribution in [0, 0.1) is 0 Å². The second-order valence-corrected chi connectivity index (χ2v) is 3.02. The van der Waals surface area contributed by atoms with Crippen LogP contribution in [0.25, 0.3) is 10.3 Å². The Morgan fingerprint density at radius 3 is 3.18 bits per heavy atom. The number of thiazole rings is 1. The van der Waals surface area contributed by atoms with Crippen LogP contribution in [-0.4, -0.2) is 15.0 Å². The first-order valence-corrected chi connectivity index (χ1v) is 4.33. The van der Waals surface area contributed by atoms with Gasteiger partial charge in [-0.05, 0) is 0 Å². The number of hydrogen-bond donors (Lipinski definition) is 0. The van der Waals surface area contributed by atoms with Crippen molar-refractivity contribution in [3.05, 3.63) is 17.5 Å². The number of hydrogen-bond acceptors (Lipinski definition) is 4. The molecule has 4 heteroatoms. The average Bonchev–Trinajstić information content (AvgIpc) is 2.50. The molecule has 0 saturated carbocycles. The van der Waals surface area contributed by atoms with Crippen LogP contribution in [0.1, 0.15) is 12.7 Å². The van der Waals surface area contributed by atoms with E-state index in [0.717, 1.165) is 22.6 Å². The van der Waals surface area contributed by atoms with Crippen LogP contribution >= 0.6 is 11.3 Å². The van der Waals surface area contributed by atoms with E-state index in [1.54, 1.807) is 23.0 Å². The summed E-state index contributed by atoms with van der Waals surface area (Å²) in [5, 5.41) is 0. The van der Waals surface area contributed by atoms with Crippen molar-refractivity contribution in [1.82, 2.24) is 15.0 Å². The molecule has 0 amide bonds. The van der Waals surface area contributed by atoms with Gasteiger partial charge in [-0.25, -0.2) is 15.0 Å². The van der Waals surface area contributed by atoms with E-state index < -0.39 is 0 Å². The molecule has 0 aliphatic carbocycles. The molecule has 0 spiro atoms. The van der Waals surface area contributed by atoms with E-state index >= 15 is 0 Å². The highest BCUT2D eigenvalue weighted by molar-refractivity contribution is 7.16. The Bertz CT molecular complexity index is 368. The molecule has 0 bridgehead atoms. The van der Waals surface area contributed by atoms with Crippen LogP contribution in [-0.2, 0) is 6.42 Å². The standard InChI is InChI=1S/C7H7N3S/c1-2-6-8-3-5-7(10-6)11-4-9-5/h3-4H,2H2,1H3. The van der Waals surface area contributed by atoms with Crippen molar-refractivity contribution in [1.29, 1.82) is 0 Å². The summed E-state index contributed by atoms with van der Waals surface area (Å²) in [5.41, 5.74) is 2.69. The highest BCUT2D eigenvalue weighted by Gasteiger charge is 1.98. The molecule has 0 unspecified atom stereocenters. The number of aromatic nitrogens is 3. The molecule has 0 atom stereocenters.